The lowest BCUT2D eigenvalue weighted by Gasteiger charge is -2.12. The minimum absolute atomic E-state index is 0.0222. The molecule has 2 N–H and O–H groups in total. The molecule has 1 aliphatic rings. The largest absolute Gasteiger partial charge is 0.334 e. The average Bonchev–Trinajstić information content (AvgIpc) is 2.82. The highest BCUT2D eigenvalue weighted by Gasteiger charge is 2.17. The highest BCUT2D eigenvalue weighted by molar-refractivity contribution is 7.99. The monoisotopic (exact) mass is 264 g/mol. The summed E-state index contributed by atoms with van der Waals surface area (Å²) >= 11 is 1.86. The molecule has 1 aromatic rings. The molecule has 1 unspecified atom stereocenters. The van der Waals surface area contributed by atoms with Crippen molar-refractivity contribution in [2.24, 2.45) is 0 Å². The van der Waals surface area contributed by atoms with Gasteiger partial charge in [-0.1, -0.05) is 0 Å². The number of thioether (sulfide) groups is 1. The van der Waals surface area contributed by atoms with Crippen LogP contribution >= 0.6 is 11.8 Å². The summed E-state index contributed by atoms with van der Waals surface area (Å²) in [5, 5.41) is 5.69. The minimum atomic E-state index is -0.182. The molecule has 1 fully saturated rings. The summed E-state index contributed by atoms with van der Waals surface area (Å²) in [6.45, 7) is 1.52. The number of hydrogen-bond donors (Lipinski definition) is 2. The van der Waals surface area contributed by atoms with Gasteiger partial charge in [0.25, 0.3) is 0 Å². The van der Waals surface area contributed by atoms with E-state index in [0.29, 0.717) is 11.3 Å². The maximum absolute atomic E-state index is 11.7. The first kappa shape index (κ1) is 13.0. The van der Waals surface area contributed by atoms with E-state index >= 15 is 0 Å². The van der Waals surface area contributed by atoms with Crippen LogP contribution in [0.4, 0.5) is 10.5 Å². The van der Waals surface area contributed by atoms with Crippen LogP contribution in [-0.4, -0.2) is 29.4 Å². The lowest BCUT2D eigenvalue weighted by Crippen LogP contribution is -2.37. The number of hydrogen-bond acceptors (Lipinski definition) is 3. The minimum Gasteiger partial charge on any atom is -0.334 e. The Labute approximate surface area is 111 Å². The molecule has 1 atom stereocenters. The second-order valence-corrected chi connectivity index (χ2v) is 5.44. The second kappa shape index (κ2) is 5.91. The summed E-state index contributed by atoms with van der Waals surface area (Å²) < 4.78 is 0. The molecule has 0 spiro atoms. The zero-order valence-corrected chi connectivity index (χ0v) is 11.0. The predicted molar refractivity (Wildman–Crippen MR) is 74.3 cm³/mol. The van der Waals surface area contributed by atoms with Crippen LogP contribution < -0.4 is 10.6 Å². The van der Waals surface area contributed by atoms with Crippen LogP contribution in [0.5, 0.6) is 0 Å². The molecule has 96 valence electrons. The molecule has 18 heavy (non-hydrogen) atoms. The van der Waals surface area contributed by atoms with Crippen LogP contribution in [0.1, 0.15) is 23.7 Å². The van der Waals surface area contributed by atoms with Gasteiger partial charge in [0.1, 0.15) is 0 Å². The SMILES string of the molecule is CC(=O)c1ccc(NC(=O)NC2CCSC2)cc1. The third-order valence-corrected chi connectivity index (χ3v) is 3.98. The van der Waals surface area contributed by atoms with E-state index < -0.39 is 0 Å². The van der Waals surface area contributed by atoms with Crippen LogP contribution in [0.2, 0.25) is 0 Å². The average molecular weight is 264 g/mol. The van der Waals surface area contributed by atoms with Crippen molar-refractivity contribution in [3.8, 4) is 0 Å². The van der Waals surface area contributed by atoms with Gasteiger partial charge in [-0.3, -0.25) is 4.79 Å². The lowest BCUT2D eigenvalue weighted by molar-refractivity contribution is 0.101. The number of ketones is 1. The Morgan fingerprint density at radius 3 is 2.56 bits per heavy atom. The first-order valence-electron chi connectivity index (χ1n) is 5.91. The van der Waals surface area contributed by atoms with Crippen molar-refractivity contribution >= 4 is 29.3 Å². The third kappa shape index (κ3) is 3.50. The summed E-state index contributed by atoms with van der Waals surface area (Å²) in [5.74, 6) is 2.11. The number of amides is 2. The Hall–Kier alpha value is -1.49. The number of rotatable bonds is 3. The van der Waals surface area contributed by atoms with Gasteiger partial charge in [-0.05, 0) is 43.4 Å². The van der Waals surface area contributed by atoms with E-state index in [1.54, 1.807) is 24.3 Å². The zero-order valence-electron chi connectivity index (χ0n) is 10.2. The summed E-state index contributed by atoms with van der Waals surface area (Å²) in [6, 6.07) is 6.98. The molecule has 1 heterocycles. The molecule has 5 heteroatoms. The Kier molecular flexibility index (Phi) is 4.25. The molecule has 0 bridgehead atoms. The van der Waals surface area contributed by atoms with Gasteiger partial charge >= 0.3 is 6.03 Å². The van der Waals surface area contributed by atoms with Crippen LogP contribution in [-0.2, 0) is 0 Å². The van der Waals surface area contributed by atoms with Crippen molar-refractivity contribution in [3.05, 3.63) is 29.8 Å². The molecule has 0 saturated carbocycles. The van der Waals surface area contributed by atoms with Gasteiger partial charge in [0.2, 0.25) is 0 Å². The summed E-state index contributed by atoms with van der Waals surface area (Å²) in [7, 11) is 0. The maximum Gasteiger partial charge on any atom is 0.319 e. The van der Waals surface area contributed by atoms with Gasteiger partial charge in [-0.15, -0.1) is 0 Å². The molecule has 2 amide bonds. The molecular weight excluding hydrogens is 248 g/mol. The van der Waals surface area contributed by atoms with Crippen molar-refractivity contribution in [2.45, 2.75) is 19.4 Å². The summed E-state index contributed by atoms with van der Waals surface area (Å²) in [4.78, 5) is 22.8. The van der Waals surface area contributed by atoms with Crippen molar-refractivity contribution in [1.82, 2.24) is 5.32 Å². The van der Waals surface area contributed by atoms with E-state index in [1.807, 2.05) is 11.8 Å². The Balaban J connectivity index is 1.88. The maximum atomic E-state index is 11.7. The van der Waals surface area contributed by atoms with Gasteiger partial charge in [0, 0.05) is 23.0 Å². The van der Waals surface area contributed by atoms with Crippen molar-refractivity contribution in [3.63, 3.8) is 0 Å². The van der Waals surface area contributed by atoms with Gasteiger partial charge in [0.05, 0.1) is 0 Å². The lowest BCUT2D eigenvalue weighted by atomic mass is 10.1. The van der Waals surface area contributed by atoms with E-state index in [9.17, 15) is 9.59 Å². The number of anilines is 1. The summed E-state index contributed by atoms with van der Waals surface area (Å²) in [6.07, 6.45) is 1.03. The molecule has 1 aliphatic heterocycles. The number of nitrogens with one attached hydrogen (secondary N) is 2. The van der Waals surface area contributed by atoms with Gasteiger partial charge < -0.3 is 10.6 Å². The first-order valence-corrected chi connectivity index (χ1v) is 7.07. The van der Waals surface area contributed by atoms with Crippen molar-refractivity contribution in [1.29, 1.82) is 0 Å². The molecule has 0 aliphatic carbocycles. The third-order valence-electron chi connectivity index (χ3n) is 2.81. The molecular formula is C13H16N2O2S. The van der Waals surface area contributed by atoms with Crippen LogP contribution in [0.15, 0.2) is 24.3 Å². The van der Waals surface area contributed by atoms with E-state index in [2.05, 4.69) is 10.6 Å². The number of Topliss-reactive ketones (excluding diaryl/α,β-unsaturated/α-hetero) is 1. The Morgan fingerprint density at radius 2 is 2.00 bits per heavy atom. The standard InChI is InChI=1S/C13H16N2O2S/c1-9(16)10-2-4-11(5-3-10)14-13(17)15-12-6-7-18-8-12/h2-5,12H,6-8H2,1H3,(H2,14,15,17). The Bertz CT molecular complexity index is 439. The fraction of sp³-hybridized carbons (Fsp3) is 0.385. The zero-order chi connectivity index (χ0) is 13.0. The van der Waals surface area contributed by atoms with E-state index in [1.165, 1.54) is 6.92 Å². The molecule has 1 saturated heterocycles. The summed E-state index contributed by atoms with van der Waals surface area (Å²) in [5.41, 5.74) is 1.34. The van der Waals surface area contributed by atoms with Crippen molar-refractivity contribution in [2.75, 3.05) is 16.8 Å². The number of urea groups is 1. The fourth-order valence-electron chi connectivity index (χ4n) is 1.79. The van der Waals surface area contributed by atoms with Gasteiger partial charge in [0.15, 0.2) is 5.78 Å². The molecule has 0 radical (unpaired) electrons. The Morgan fingerprint density at radius 1 is 1.28 bits per heavy atom. The van der Waals surface area contributed by atoms with Crippen molar-refractivity contribution < 1.29 is 9.59 Å². The van der Waals surface area contributed by atoms with E-state index in [-0.39, 0.29) is 17.9 Å². The molecule has 2 rings (SSSR count). The quantitative estimate of drug-likeness (QED) is 0.825. The molecule has 0 aromatic heterocycles. The first-order chi connectivity index (χ1) is 8.65. The number of carbonyl (C=O) groups excluding carboxylic acids is 2. The number of carbonyl (C=O) groups is 2. The van der Waals surface area contributed by atoms with Crippen LogP contribution in [0, 0.1) is 0 Å². The van der Waals surface area contributed by atoms with Gasteiger partial charge in [-0.25, -0.2) is 4.79 Å². The topological polar surface area (TPSA) is 58.2 Å². The van der Waals surface area contributed by atoms with Crippen LogP contribution in [0.3, 0.4) is 0 Å². The molecule has 1 aromatic carbocycles. The predicted octanol–water partition coefficient (Wildman–Crippen LogP) is 2.52. The second-order valence-electron chi connectivity index (χ2n) is 4.29. The van der Waals surface area contributed by atoms with Crippen LogP contribution in [0.25, 0.3) is 0 Å². The number of benzene rings is 1. The normalized spacial score (nSPS) is 18.4. The van der Waals surface area contributed by atoms with E-state index in [4.69, 9.17) is 0 Å². The highest BCUT2D eigenvalue weighted by Crippen LogP contribution is 2.17. The fourth-order valence-corrected chi connectivity index (χ4v) is 2.94. The molecule has 4 nitrogen and oxygen atoms in total. The highest BCUT2D eigenvalue weighted by atomic mass is 32.2. The smallest absolute Gasteiger partial charge is 0.319 e. The van der Waals surface area contributed by atoms with Gasteiger partial charge in [-0.2, -0.15) is 11.8 Å². The van der Waals surface area contributed by atoms with E-state index in [0.717, 1.165) is 17.9 Å².